The molecule has 0 aliphatic heterocycles. The van der Waals surface area contributed by atoms with Gasteiger partial charge in [0.25, 0.3) is 0 Å². The van der Waals surface area contributed by atoms with E-state index >= 15 is 0 Å². The first kappa shape index (κ1) is 34.4. The molecule has 58 heavy (non-hydrogen) atoms. The molecule has 9 aromatic carbocycles. The molecule has 0 aromatic heterocycles. The number of rotatable bonds is 5. The quantitative estimate of drug-likeness (QED) is 0.170. The van der Waals surface area contributed by atoms with Gasteiger partial charge in [0, 0.05) is 5.71 Å². The van der Waals surface area contributed by atoms with Crippen LogP contribution >= 0.6 is 0 Å². The van der Waals surface area contributed by atoms with Crippen molar-refractivity contribution in [3.05, 3.63) is 191 Å². The lowest BCUT2D eigenvalue weighted by atomic mass is 9.85. The first-order valence-electron chi connectivity index (χ1n) is 20.6. The molecule has 276 valence electrons. The molecule has 0 radical (unpaired) electrons. The Bertz CT molecular complexity index is 3420. The van der Waals surface area contributed by atoms with Gasteiger partial charge in [0.15, 0.2) is 0 Å². The van der Waals surface area contributed by atoms with Crippen LogP contribution in [0.25, 0.3) is 98.2 Å². The Morgan fingerprint density at radius 2 is 1.28 bits per heavy atom. The maximum Gasteiger partial charge on any atom is 0.0389 e. The Morgan fingerprint density at radius 1 is 0.586 bits per heavy atom. The topological polar surface area (TPSA) is 23.9 Å². The molecule has 11 rings (SSSR count). The van der Waals surface area contributed by atoms with Crippen molar-refractivity contribution in [2.45, 2.75) is 40.0 Å². The van der Waals surface area contributed by atoms with Crippen LogP contribution in [-0.4, -0.2) is 5.71 Å². The average Bonchev–Trinajstić information content (AvgIpc) is 3.75. The van der Waals surface area contributed by atoms with E-state index in [1.807, 2.05) is 0 Å². The number of aryl methyl sites for hydroxylation is 2. The van der Waals surface area contributed by atoms with E-state index in [1.54, 1.807) is 0 Å². The van der Waals surface area contributed by atoms with Crippen LogP contribution in [0, 0.1) is 19.3 Å². The third kappa shape index (κ3) is 5.13. The van der Waals surface area contributed by atoms with Crippen molar-refractivity contribution in [3.8, 4) is 11.1 Å². The van der Waals surface area contributed by atoms with Gasteiger partial charge >= 0.3 is 0 Å². The molecule has 2 aliphatic carbocycles. The molecule has 0 saturated heterocycles. The van der Waals surface area contributed by atoms with Gasteiger partial charge < -0.3 is 5.41 Å². The molecule has 2 aliphatic rings. The maximum atomic E-state index is 8.71. The number of benzene rings is 7. The second-order valence-electron chi connectivity index (χ2n) is 16.3. The van der Waals surface area contributed by atoms with E-state index in [-0.39, 0.29) is 0 Å². The third-order valence-corrected chi connectivity index (χ3v) is 12.9. The molecule has 0 bridgehead atoms. The molecule has 1 heteroatoms. The van der Waals surface area contributed by atoms with Crippen LogP contribution in [0.15, 0.2) is 169 Å². The largest absolute Gasteiger partial charge is 0.305 e. The summed E-state index contributed by atoms with van der Waals surface area (Å²) in [5.41, 5.74) is 12.0. The van der Waals surface area contributed by atoms with Crippen LogP contribution in [-0.2, 0) is 0 Å². The van der Waals surface area contributed by atoms with Gasteiger partial charge in [0.2, 0.25) is 0 Å². The molecule has 0 spiro atoms. The third-order valence-electron chi connectivity index (χ3n) is 12.9. The molecule has 0 amide bonds. The van der Waals surface area contributed by atoms with Crippen LogP contribution in [0.4, 0.5) is 0 Å². The normalized spacial score (nSPS) is 16.6. The SMILES string of the molecule is C/C(=C\C=C1\C=CC=CC1)c1c2cc3c4ccccc4c4cccc(c2c(/C=C/C=C2/C=CCCC2=N)c2c5ccc(-c6c(C)cccc6C)c6cccc(c12)c65)c43. The lowest BCUT2D eigenvalue weighted by Crippen LogP contribution is -2.02. The highest BCUT2D eigenvalue weighted by Gasteiger charge is 2.26. The molecular formula is C57H43N. The summed E-state index contributed by atoms with van der Waals surface area (Å²) in [6.45, 7) is 6.79. The molecular weight excluding hydrogens is 699 g/mol. The van der Waals surface area contributed by atoms with Gasteiger partial charge in [-0.2, -0.15) is 0 Å². The minimum Gasteiger partial charge on any atom is -0.305 e. The van der Waals surface area contributed by atoms with Crippen molar-refractivity contribution in [1.29, 1.82) is 5.41 Å². The molecule has 0 unspecified atom stereocenters. The zero-order valence-electron chi connectivity index (χ0n) is 33.2. The van der Waals surface area contributed by atoms with Gasteiger partial charge in [0.1, 0.15) is 0 Å². The summed E-state index contributed by atoms with van der Waals surface area (Å²) in [5.74, 6) is 0. The van der Waals surface area contributed by atoms with Crippen LogP contribution < -0.4 is 0 Å². The Hall–Kier alpha value is -6.83. The highest BCUT2D eigenvalue weighted by molar-refractivity contribution is 6.42. The van der Waals surface area contributed by atoms with Crippen LogP contribution in [0.3, 0.4) is 0 Å². The number of fused-ring (bicyclic) bond motifs is 8. The first-order valence-corrected chi connectivity index (χ1v) is 20.6. The van der Waals surface area contributed by atoms with Crippen molar-refractivity contribution in [3.63, 3.8) is 0 Å². The Kier molecular flexibility index (Phi) is 7.95. The van der Waals surface area contributed by atoms with Crippen molar-refractivity contribution in [2.24, 2.45) is 0 Å². The van der Waals surface area contributed by atoms with E-state index in [0.29, 0.717) is 5.71 Å². The molecule has 1 N–H and O–H groups in total. The highest BCUT2D eigenvalue weighted by atomic mass is 14.4. The smallest absolute Gasteiger partial charge is 0.0389 e. The molecule has 0 fully saturated rings. The van der Waals surface area contributed by atoms with Crippen molar-refractivity contribution in [1.82, 2.24) is 0 Å². The summed E-state index contributed by atoms with van der Waals surface area (Å²) in [5, 5.41) is 26.9. The van der Waals surface area contributed by atoms with E-state index in [0.717, 1.165) is 24.8 Å². The van der Waals surface area contributed by atoms with Crippen LogP contribution in [0.5, 0.6) is 0 Å². The molecule has 0 atom stereocenters. The first-order chi connectivity index (χ1) is 28.5. The fourth-order valence-corrected chi connectivity index (χ4v) is 10.3. The predicted molar refractivity (Wildman–Crippen MR) is 254 cm³/mol. The Morgan fingerprint density at radius 3 is 2.05 bits per heavy atom. The van der Waals surface area contributed by atoms with E-state index in [4.69, 9.17) is 5.41 Å². The minimum absolute atomic E-state index is 0.704. The number of hydrogen-bond donors (Lipinski definition) is 1. The molecule has 0 heterocycles. The fourth-order valence-electron chi connectivity index (χ4n) is 10.3. The predicted octanol–water partition coefficient (Wildman–Crippen LogP) is 16.1. The standard InChI is InChI=1S/C57H43N/c1-34-15-11-16-35(2)51(34)43-31-32-47-53-42(43)24-14-27-46(53)57-52(36(3)29-30-37-17-5-4-6-18-37)49-33-48-40-22-9-8-21-39(40)41-23-13-26-44(54(41)48)55(49)45(56(47)57)25-12-20-38-19-7-10-28-50(38)58/h4-9,11-17,19-27,29-33,58H,10,18,28H2,1-3H3/b25-12+,36-29+,37-30-,38-20-,58-50?. The van der Waals surface area contributed by atoms with Crippen molar-refractivity contribution >= 4 is 92.8 Å². The van der Waals surface area contributed by atoms with E-state index < -0.39 is 0 Å². The maximum absolute atomic E-state index is 8.71. The lowest BCUT2D eigenvalue weighted by molar-refractivity contribution is 1.06. The highest BCUT2D eigenvalue weighted by Crippen LogP contribution is 2.52. The summed E-state index contributed by atoms with van der Waals surface area (Å²) in [6.07, 6.45) is 27.1. The zero-order chi connectivity index (χ0) is 39.1. The molecule has 9 aromatic rings. The van der Waals surface area contributed by atoms with Crippen LogP contribution in [0.2, 0.25) is 0 Å². The second-order valence-corrected chi connectivity index (χ2v) is 16.3. The zero-order valence-corrected chi connectivity index (χ0v) is 33.2. The fraction of sp³-hybridized carbons (Fsp3) is 0.105. The van der Waals surface area contributed by atoms with Gasteiger partial charge in [-0.05, 0) is 172 Å². The number of hydrogen-bond acceptors (Lipinski definition) is 1. The summed E-state index contributed by atoms with van der Waals surface area (Å²) in [4.78, 5) is 0. The summed E-state index contributed by atoms with van der Waals surface area (Å²) >= 11 is 0. The van der Waals surface area contributed by atoms with E-state index in [2.05, 4.69) is 185 Å². The van der Waals surface area contributed by atoms with E-state index in [1.165, 1.54) is 120 Å². The number of nitrogens with one attached hydrogen (secondary N) is 1. The summed E-state index contributed by atoms with van der Waals surface area (Å²) < 4.78 is 0. The van der Waals surface area contributed by atoms with Crippen molar-refractivity contribution < 1.29 is 0 Å². The van der Waals surface area contributed by atoms with E-state index in [9.17, 15) is 0 Å². The molecule has 0 saturated carbocycles. The lowest BCUT2D eigenvalue weighted by Gasteiger charge is -2.17. The van der Waals surface area contributed by atoms with Gasteiger partial charge in [-0.15, -0.1) is 0 Å². The molecule has 1 nitrogen and oxygen atoms in total. The monoisotopic (exact) mass is 741 g/mol. The minimum atomic E-state index is 0.704. The van der Waals surface area contributed by atoms with Gasteiger partial charge in [-0.1, -0.05) is 158 Å². The second kappa shape index (κ2) is 13.4. The summed E-state index contributed by atoms with van der Waals surface area (Å²) in [6, 6.07) is 36.7. The van der Waals surface area contributed by atoms with Gasteiger partial charge in [0.05, 0.1) is 0 Å². The van der Waals surface area contributed by atoms with Gasteiger partial charge in [-0.25, -0.2) is 0 Å². The number of allylic oxidation sites excluding steroid dienone is 13. The average molecular weight is 742 g/mol. The Labute approximate surface area is 339 Å². The van der Waals surface area contributed by atoms with Crippen molar-refractivity contribution in [2.75, 3.05) is 0 Å². The Balaban J connectivity index is 1.36. The van der Waals surface area contributed by atoms with Crippen LogP contribution in [0.1, 0.15) is 48.4 Å². The van der Waals surface area contributed by atoms with Gasteiger partial charge in [-0.3, -0.25) is 0 Å². The summed E-state index contributed by atoms with van der Waals surface area (Å²) in [7, 11) is 0.